The van der Waals surface area contributed by atoms with E-state index in [1.54, 1.807) is 4.90 Å². The number of aromatic nitrogens is 1. The van der Waals surface area contributed by atoms with E-state index in [1.165, 1.54) is 12.4 Å². The molecular weight excluding hydrogens is 176 g/mol. The van der Waals surface area contributed by atoms with E-state index in [0.717, 1.165) is 6.29 Å². The topological polar surface area (TPSA) is 33.2 Å². The molecule has 0 N–H and O–H groups in total. The molecular formula is C8H9ClN2O. The Balaban J connectivity index is 3.29. The summed E-state index contributed by atoms with van der Waals surface area (Å²) < 4.78 is 0. The van der Waals surface area contributed by atoms with E-state index in [2.05, 4.69) is 4.98 Å². The van der Waals surface area contributed by atoms with Gasteiger partial charge in [0.15, 0.2) is 6.29 Å². The van der Waals surface area contributed by atoms with E-state index in [-0.39, 0.29) is 0 Å². The Morgan fingerprint density at radius 2 is 2.17 bits per heavy atom. The molecule has 0 aliphatic heterocycles. The van der Waals surface area contributed by atoms with Crippen molar-refractivity contribution in [1.82, 2.24) is 4.98 Å². The number of rotatable bonds is 2. The number of nitrogens with zero attached hydrogens (tertiary/aromatic N) is 2. The Labute approximate surface area is 76.0 Å². The number of aldehydes is 1. The molecule has 3 nitrogen and oxygen atoms in total. The average molecular weight is 185 g/mol. The minimum absolute atomic E-state index is 0.490. The predicted molar refractivity (Wildman–Crippen MR) is 49.0 cm³/mol. The highest BCUT2D eigenvalue weighted by Crippen LogP contribution is 2.25. The van der Waals surface area contributed by atoms with Gasteiger partial charge in [-0.2, -0.15) is 0 Å². The lowest BCUT2D eigenvalue weighted by molar-refractivity contribution is 0.112. The van der Waals surface area contributed by atoms with Crippen molar-refractivity contribution in [2.45, 2.75) is 0 Å². The van der Waals surface area contributed by atoms with E-state index < -0.39 is 0 Å². The lowest BCUT2D eigenvalue weighted by Gasteiger charge is -2.15. The van der Waals surface area contributed by atoms with Crippen LogP contribution in [0.2, 0.25) is 5.02 Å². The van der Waals surface area contributed by atoms with E-state index >= 15 is 0 Å². The summed E-state index contributed by atoms with van der Waals surface area (Å²) in [6.07, 6.45) is 3.76. The molecule has 0 aromatic carbocycles. The van der Waals surface area contributed by atoms with Gasteiger partial charge in [0.1, 0.15) is 0 Å². The Morgan fingerprint density at radius 3 is 2.58 bits per heavy atom. The van der Waals surface area contributed by atoms with Gasteiger partial charge < -0.3 is 4.90 Å². The van der Waals surface area contributed by atoms with Gasteiger partial charge in [0.2, 0.25) is 0 Å². The van der Waals surface area contributed by atoms with Gasteiger partial charge in [-0.1, -0.05) is 11.6 Å². The molecule has 12 heavy (non-hydrogen) atoms. The molecule has 0 unspecified atom stereocenters. The second-order valence-electron chi connectivity index (χ2n) is 2.57. The van der Waals surface area contributed by atoms with Gasteiger partial charge in [0.25, 0.3) is 0 Å². The van der Waals surface area contributed by atoms with Gasteiger partial charge in [-0.25, -0.2) is 0 Å². The number of carbonyl (C=O) groups excluding carboxylic acids is 1. The Morgan fingerprint density at radius 1 is 1.50 bits per heavy atom. The van der Waals surface area contributed by atoms with E-state index in [0.29, 0.717) is 16.3 Å². The molecule has 0 bridgehead atoms. The zero-order valence-corrected chi connectivity index (χ0v) is 7.67. The molecule has 0 aliphatic rings. The van der Waals surface area contributed by atoms with Crippen LogP contribution in [-0.4, -0.2) is 25.4 Å². The smallest absolute Gasteiger partial charge is 0.153 e. The van der Waals surface area contributed by atoms with Crippen LogP contribution in [0.15, 0.2) is 12.4 Å². The van der Waals surface area contributed by atoms with Crippen molar-refractivity contribution in [2.24, 2.45) is 0 Å². The maximum atomic E-state index is 10.6. The third-order valence-corrected chi connectivity index (χ3v) is 1.75. The van der Waals surface area contributed by atoms with Crippen molar-refractivity contribution in [3.8, 4) is 0 Å². The molecule has 0 atom stereocenters. The van der Waals surface area contributed by atoms with Crippen LogP contribution in [0.3, 0.4) is 0 Å². The fraction of sp³-hybridized carbons (Fsp3) is 0.250. The van der Waals surface area contributed by atoms with Gasteiger partial charge in [-0.15, -0.1) is 0 Å². The largest absolute Gasteiger partial charge is 0.376 e. The fourth-order valence-corrected chi connectivity index (χ4v) is 1.34. The van der Waals surface area contributed by atoms with Crippen molar-refractivity contribution in [3.63, 3.8) is 0 Å². The number of hydrogen-bond donors (Lipinski definition) is 0. The van der Waals surface area contributed by atoms with Gasteiger partial charge in [0, 0.05) is 26.5 Å². The number of anilines is 1. The maximum absolute atomic E-state index is 10.6. The summed E-state index contributed by atoms with van der Waals surface area (Å²) in [5, 5.41) is 0.490. The van der Waals surface area contributed by atoms with Crippen LogP contribution in [0, 0.1) is 0 Å². The van der Waals surface area contributed by atoms with Crippen molar-refractivity contribution in [3.05, 3.63) is 23.0 Å². The summed E-state index contributed by atoms with van der Waals surface area (Å²) in [7, 11) is 3.66. The van der Waals surface area contributed by atoms with Crippen molar-refractivity contribution < 1.29 is 4.79 Å². The molecule has 0 amide bonds. The van der Waals surface area contributed by atoms with Crippen LogP contribution in [0.1, 0.15) is 10.4 Å². The van der Waals surface area contributed by atoms with Crippen LogP contribution in [0.5, 0.6) is 0 Å². The highest BCUT2D eigenvalue weighted by Gasteiger charge is 2.07. The third-order valence-electron chi connectivity index (χ3n) is 1.48. The lowest BCUT2D eigenvalue weighted by atomic mass is 10.2. The average Bonchev–Trinajstić information content (AvgIpc) is 2.03. The third kappa shape index (κ3) is 1.56. The molecule has 1 heterocycles. The second-order valence-corrected chi connectivity index (χ2v) is 2.98. The number of hydrogen-bond acceptors (Lipinski definition) is 3. The van der Waals surface area contributed by atoms with Crippen LogP contribution < -0.4 is 4.90 Å². The summed E-state index contributed by atoms with van der Waals surface area (Å²) in [6, 6.07) is 0. The van der Waals surface area contributed by atoms with E-state index in [9.17, 15) is 4.79 Å². The summed E-state index contributed by atoms with van der Waals surface area (Å²) in [5.74, 6) is 0. The molecule has 1 rings (SSSR count). The molecule has 64 valence electrons. The molecule has 1 aromatic heterocycles. The minimum Gasteiger partial charge on any atom is -0.376 e. The van der Waals surface area contributed by atoms with Crippen molar-refractivity contribution in [2.75, 3.05) is 19.0 Å². The van der Waals surface area contributed by atoms with Crippen LogP contribution in [0.25, 0.3) is 0 Å². The summed E-state index contributed by atoms with van der Waals surface area (Å²) in [6.45, 7) is 0. The zero-order valence-electron chi connectivity index (χ0n) is 6.91. The molecule has 0 saturated carbocycles. The second kappa shape index (κ2) is 3.54. The molecule has 0 spiro atoms. The number of halogens is 1. The number of carbonyl (C=O) groups is 1. The zero-order chi connectivity index (χ0) is 9.14. The first-order chi connectivity index (χ1) is 5.66. The first kappa shape index (κ1) is 9.00. The minimum atomic E-state index is 0.490. The van der Waals surface area contributed by atoms with Crippen molar-refractivity contribution in [1.29, 1.82) is 0 Å². The Kier molecular flexibility index (Phi) is 2.65. The Hall–Kier alpha value is -1.09. The quantitative estimate of drug-likeness (QED) is 0.655. The van der Waals surface area contributed by atoms with Gasteiger partial charge in [-0.05, 0) is 0 Å². The number of pyridine rings is 1. The van der Waals surface area contributed by atoms with Gasteiger partial charge in [-0.3, -0.25) is 9.78 Å². The van der Waals surface area contributed by atoms with Crippen LogP contribution >= 0.6 is 11.6 Å². The van der Waals surface area contributed by atoms with E-state index in [4.69, 9.17) is 11.6 Å². The normalized spacial score (nSPS) is 9.58. The first-order valence-corrected chi connectivity index (χ1v) is 3.80. The molecule has 0 aliphatic carbocycles. The van der Waals surface area contributed by atoms with E-state index in [1.807, 2.05) is 14.1 Å². The molecule has 4 heteroatoms. The SMILES string of the molecule is CN(C)c1c(Cl)cncc1C=O. The predicted octanol–water partition coefficient (Wildman–Crippen LogP) is 1.61. The fourth-order valence-electron chi connectivity index (χ4n) is 1.00. The molecule has 0 saturated heterocycles. The van der Waals surface area contributed by atoms with Crippen molar-refractivity contribution >= 4 is 23.6 Å². The van der Waals surface area contributed by atoms with Gasteiger partial charge >= 0.3 is 0 Å². The lowest BCUT2D eigenvalue weighted by Crippen LogP contribution is -2.12. The molecule has 0 radical (unpaired) electrons. The van der Waals surface area contributed by atoms with Crippen LogP contribution in [0.4, 0.5) is 5.69 Å². The Bertz CT molecular complexity index is 299. The monoisotopic (exact) mass is 184 g/mol. The maximum Gasteiger partial charge on any atom is 0.153 e. The standard InChI is InChI=1S/C8H9ClN2O/c1-11(2)8-6(5-12)3-10-4-7(8)9/h3-5H,1-2H3. The summed E-state index contributed by atoms with van der Waals surface area (Å²) in [5.41, 5.74) is 1.22. The van der Waals surface area contributed by atoms with Gasteiger partial charge in [0.05, 0.1) is 16.3 Å². The highest BCUT2D eigenvalue weighted by molar-refractivity contribution is 6.33. The first-order valence-electron chi connectivity index (χ1n) is 3.43. The molecule has 1 aromatic rings. The summed E-state index contributed by atoms with van der Waals surface area (Å²) >= 11 is 5.84. The molecule has 0 fully saturated rings. The summed E-state index contributed by atoms with van der Waals surface area (Å²) in [4.78, 5) is 16.2. The van der Waals surface area contributed by atoms with Crippen LogP contribution in [-0.2, 0) is 0 Å². The highest BCUT2D eigenvalue weighted by atomic mass is 35.5.